The third-order valence-corrected chi connectivity index (χ3v) is 3.47. The van der Waals surface area contributed by atoms with Crippen molar-refractivity contribution in [3.05, 3.63) is 23.4 Å². The molecule has 1 aromatic heterocycles. The Morgan fingerprint density at radius 3 is 2.58 bits per heavy atom. The van der Waals surface area contributed by atoms with Crippen LogP contribution in [0.4, 0.5) is 5.69 Å². The Bertz CT molecular complexity index is 640. The third-order valence-electron chi connectivity index (χ3n) is 3.47. The number of anilines is 1. The number of hydrazine groups is 1. The number of pyridine rings is 1. The predicted octanol–water partition coefficient (Wildman–Crippen LogP) is 2.16. The standard InChI is InChI=1S/C14H17N3O2/c1-3-10-8(2)14(17-15)9-6-12-13(7-11(9)16-10)19-5-4-18-12/h6-7H,3-5,15H2,1-2H3,(H,16,17). The van der Waals surface area contributed by atoms with Crippen LogP contribution < -0.4 is 20.7 Å². The summed E-state index contributed by atoms with van der Waals surface area (Å²) in [4.78, 5) is 4.68. The van der Waals surface area contributed by atoms with Gasteiger partial charge >= 0.3 is 0 Å². The average Bonchev–Trinajstić information content (AvgIpc) is 2.45. The van der Waals surface area contributed by atoms with E-state index in [1.54, 1.807) is 0 Å². The van der Waals surface area contributed by atoms with Crippen LogP contribution in [-0.4, -0.2) is 18.2 Å². The number of fused-ring (bicyclic) bond motifs is 2. The Balaban J connectivity index is 2.31. The van der Waals surface area contributed by atoms with Crippen LogP contribution in [0, 0.1) is 6.92 Å². The van der Waals surface area contributed by atoms with E-state index in [9.17, 15) is 0 Å². The van der Waals surface area contributed by atoms with Crippen LogP contribution in [0.1, 0.15) is 18.2 Å². The van der Waals surface area contributed by atoms with E-state index < -0.39 is 0 Å². The molecule has 0 saturated carbocycles. The molecule has 2 heterocycles. The molecule has 2 aromatic rings. The molecule has 0 radical (unpaired) electrons. The van der Waals surface area contributed by atoms with E-state index in [1.807, 2.05) is 19.1 Å². The van der Waals surface area contributed by atoms with Crippen molar-refractivity contribution in [3.8, 4) is 11.5 Å². The van der Waals surface area contributed by atoms with Gasteiger partial charge in [-0.3, -0.25) is 10.8 Å². The highest BCUT2D eigenvalue weighted by molar-refractivity contribution is 5.95. The summed E-state index contributed by atoms with van der Waals surface area (Å²) in [6.45, 7) is 5.26. The van der Waals surface area contributed by atoms with Gasteiger partial charge in [-0.2, -0.15) is 0 Å². The Labute approximate surface area is 111 Å². The monoisotopic (exact) mass is 259 g/mol. The third kappa shape index (κ3) is 1.86. The lowest BCUT2D eigenvalue weighted by Gasteiger charge is -2.20. The van der Waals surface area contributed by atoms with Gasteiger partial charge < -0.3 is 14.9 Å². The number of hydrogen-bond donors (Lipinski definition) is 2. The van der Waals surface area contributed by atoms with E-state index in [0.29, 0.717) is 13.2 Å². The van der Waals surface area contributed by atoms with Crippen molar-refractivity contribution in [2.24, 2.45) is 5.84 Å². The fraction of sp³-hybridized carbons (Fsp3) is 0.357. The van der Waals surface area contributed by atoms with Gasteiger partial charge in [-0.15, -0.1) is 0 Å². The van der Waals surface area contributed by atoms with Crippen LogP contribution in [0.3, 0.4) is 0 Å². The second-order valence-corrected chi connectivity index (χ2v) is 4.57. The van der Waals surface area contributed by atoms with Gasteiger partial charge in [-0.1, -0.05) is 6.92 Å². The number of aryl methyl sites for hydroxylation is 1. The number of aromatic nitrogens is 1. The second kappa shape index (κ2) is 4.59. The van der Waals surface area contributed by atoms with Gasteiger partial charge in [0.2, 0.25) is 0 Å². The minimum absolute atomic E-state index is 0.573. The molecule has 3 rings (SSSR count). The minimum atomic E-state index is 0.573. The Morgan fingerprint density at radius 2 is 1.95 bits per heavy atom. The van der Waals surface area contributed by atoms with Crippen LogP contribution in [-0.2, 0) is 6.42 Å². The molecule has 0 atom stereocenters. The molecule has 1 aromatic carbocycles. The summed E-state index contributed by atoms with van der Waals surface area (Å²) in [6.07, 6.45) is 0.866. The summed E-state index contributed by atoms with van der Waals surface area (Å²) < 4.78 is 11.2. The Morgan fingerprint density at radius 1 is 1.26 bits per heavy atom. The maximum Gasteiger partial charge on any atom is 0.163 e. The van der Waals surface area contributed by atoms with E-state index in [4.69, 9.17) is 15.3 Å². The van der Waals surface area contributed by atoms with Crippen LogP contribution in [0.5, 0.6) is 11.5 Å². The molecule has 0 amide bonds. The van der Waals surface area contributed by atoms with E-state index in [0.717, 1.165) is 45.8 Å². The maximum absolute atomic E-state index is 5.67. The number of rotatable bonds is 2. The Hall–Kier alpha value is -2.01. The molecule has 0 aliphatic carbocycles. The minimum Gasteiger partial charge on any atom is -0.486 e. The number of hydrogen-bond acceptors (Lipinski definition) is 5. The van der Waals surface area contributed by atoms with Crippen molar-refractivity contribution in [2.75, 3.05) is 18.6 Å². The van der Waals surface area contributed by atoms with Crippen molar-refractivity contribution in [2.45, 2.75) is 20.3 Å². The number of nitrogens with zero attached hydrogens (tertiary/aromatic N) is 1. The van der Waals surface area contributed by atoms with Gasteiger partial charge in [0.15, 0.2) is 11.5 Å². The molecule has 3 N–H and O–H groups in total. The molecule has 0 spiro atoms. The van der Waals surface area contributed by atoms with Gasteiger partial charge in [0, 0.05) is 17.1 Å². The lowest BCUT2D eigenvalue weighted by Crippen LogP contribution is -2.16. The lowest BCUT2D eigenvalue weighted by molar-refractivity contribution is 0.172. The average molecular weight is 259 g/mol. The quantitative estimate of drug-likeness (QED) is 0.639. The summed E-state index contributed by atoms with van der Waals surface area (Å²) in [7, 11) is 0. The van der Waals surface area contributed by atoms with Crippen LogP contribution >= 0.6 is 0 Å². The highest BCUT2D eigenvalue weighted by Crippen LogP contribution is 2.38. The highest BCUT2D eigenvalue weighted by atomic mass is 16.6. The van der Waals surface area contributed by atoms with Gasteiger partial charge in [-0.25, -0.2) is 0 Å². The fourth-order valence-electron chi connectivity index (χ4n) is 2.48. The molecule has 0 fully saturated rings. The molecular weight excluding hydrogens is 242 g/mol. The van der Waals surface area contributed by atoms with Crippen molar-refractivity contribution in [3.63, 3.8) is 0 Å². The number of benzene rings is 1. The van der Waals surface area contributed by atoms with Gasteiger partial charge in [0.25, 0.3) is 0 Å². The number of ether oxygens (including phenoxy) is 2. The zero-order chi connectivity index (χ0) is 13.4. The smallest absolute Gasteiger partial charge is 0.163 e. The summed E-state index contributed by atoms with van der Waals surface area (Å²) >= 11 is 0. The van der Waals surface area contributed by atoms with Crippen molar-refractivity contribution in [1.29, 1.82) is 0 Å². The van der Waals surface area contributed by atoms with Gasteiger partial charge in [-0.05, 0) is 25.0 Å². The van der Waals surface area contributed by atoms with E-state index in [2.05, 4.69) is 17.3 Å². The van der Waals surface area contributed by atoms with Crippen molar-refractivity contribution < 1.29 is 9.47 Å². The molecule has 5 nitrogen and oxygen atoms in total. The fourth-order valence-corrected chi connectivity index (χ4v) is 2.48. The van der Waals surface area contributed by atoms with E-state index in [1.165, 1.54) is 0 Å². The topological polar surface area (TPSA) is 69.4 Å². The molecule has 0 unspecified atom stereocenters. The SMILES string of the molecule is CCc1nc2cc3c(cc2c(NN)c1C)OCCO3. The zero-order valence-electron chi connectivity index (χ0n) is 11.1. The van der Waals surface area contributed by atoms with Crippen molar-refractivity contribution in [1.82, 2.24) is 4.98 Å². The normalized spacial score (nSPS) is 13.6. The Kier molecular flexibility index (Phi) is 2.91. The lowest BCUT2D eigenvalue weighted by atomic mass is 10.0. The first-order chi connectivity index (χ1) is 9.24. The van der Waals surface area contributed by atoms with Crippen molar-refractivity contribution >= 4 is 16.6 Å². The summed E-state index contributed by atoms with van der Waals surface area (Å²) in [5.41, 5.74) is 6.68. The van der Waals surface area contributed by atoms with Crippen LogP contribution in [0.25, 0.3) is 10.9 Å². The number of nitrogen functional groups attached to an aromatic ring is 1. The first-order valence-electron chi connectivity index (χ1n) is 6.44. The summed E-state index contributed by atoms with van der Waals surface area (Å²) in [5.74, 6) is 7.17. The zero-order valence-corrected chi connectivity index (χ0v) is 11.1. The molecule has 1 aliphatic heterocycles. The molecule has 19 heavy (non-hydrogen) atoms. The highest BCUT2D eigenvalue weighted by Gasteiger charge is 2.17. The first kappa shape index (κ1) is 12.0. The van der Waals surface area contributed by atoms with Gasteiger partial charge in [0.05, 0.1) is 11.2 Å². The number of nitrogens with two attached hydrogens (primary N) is 1. The maximum atomic E-state index is 5.67. The molecular formula is C14H17N3O2. The first-order valence-corrected chi connectivity index (χ1v) is 6.44. The van der Waals surface area contributed by atoms with Crippen LogP contribution in [0.2, 0.25) is 0 Å². The van der Waals surface area contributed by atoms with Crippen LogP contribution in [0.15, 0.2) is 12.1 Å². The molecule has 1 aliphatic rings. The van der Waals surface area contributed by atoms with Gasteiger partial charge in [0.1, 0.15) is 13.2 Å². The van der Waals surface area contributed by atoms with E-state index in [-0.39, 0.29) is 0 Å². The second-order valence-electron chi connectivity index (χ2n) is 4.57. The number of nitrogens with one attached hydrogen (secondary N) is 1. The molecule has 0 bridgehead atoms. The summed E-state index contributed by atoms with van der Waals surface area (Å²) in [6, 6.07) is 3.86. The molecule has 0 saturated heterocycles. The predicted molar refractivity (Wildman–Crippen MR) is 74.7 cm³/mol. The summed E-state index contributed by atoms with van der Waals surface area (Å²) in [5, 5.41) is 0.960. The molecule has 5 heteroatoms. The van der Waals surface area contributed by atoms with E-state index >= 15 is 0 Å². The largest absolute Gasteiger partial charge is 0.486 e. The molecule has 100 valence electrons.